The highest BCUT2D eigenvalue weighted by molar-refractivity contribution is 5.75. The number of aliphatic hydroxyl groups is 1. The summed E-state index contributed by atoms with van der Waals surface area (Å²) in [6.07, 6.45) is 0. The Hall–Kier alpha value is 0.372. The Bertz CT molecular complexity index is 104. The highest BCUT2D eigenvalue weighted by Crippen LogP contribution is 2.09. The molecule has 0 fully saturated rings. The molecule has 0 aromatic carbocycles. The van der Waals surface area contributed by atoms with E-state index in [0.29, 0.717) is 19.8 Å². The zero-order valence-corrected chi connectivity index (χ0v) is 8.00. The molecule has 4 nitrogen and oxygen atoms in total. The summed E-state index contributed by atoms with van der Waals surface area (Å²) in [7, 11) is 0. The molecule has 0 rings (SSSR count). The Balaban J connectivity index is 0. The summed E-state index contributed by atoms with van der Waals surface area (Å²) in [5.74, 6) is -1.57. The van der Waals surface area contributed by atoms with E-state index in [-0.39, 0.29) is 24.0 Å². The Kier molecular flexibility index (Phi) is 10.9. The van der Waals surface area contributed by atoms with E-state index in [1.807, 2.05) is 6.92 Å². The minimum absolute atomic E-state index is 0. The van der Waals surface area contributed by atoms with E-state index in [9.17, 15) is 5.11 Å². The zero-order valence-electron chi connectivity index (χ0n) is 8.00. The van der Waals surface area contributed by atoms with E-state index >= 15 is 0 Å². The fraction of sp³-hybridized carbons (Fsp3) is 1.00. The molecule has 0 amide bonds. The van der Waals surface area contributed by atoms with Gasteiger partial charge < -0.3 is 19.3 Å². The minimum atomic E-state index is -1.57. The molecule has 0 aromatic heterocycles. The molecule has 0 heterocycles. The molecule has 80 valence electrons. The molecule has 0 radical (unpaired) electrons. The van der Waals surface area contributed by atoms with Crippen LogP contribution in [-0.2, 0) is 14.2 Å². The van der Waals surface area contributed by atoms with Gasteiger partial charge in [0.1, 0.15) is 6.61 Å². The van der Waals surface area contributed by atoms with Crippen molar-refractivity contribution in [2.75, 3.05) is 26.4 Å². The van der Waals surface area contributed by atoms with Crippen LogP contribution in [0, 0.1) is 0 Å². The third-order valence-corrected chi connectivity index (χ3v) is 1.23. The molecule has 0 saturated carbocycles. The summed E-state index contributed by atoms with van der Waals surface area (Å²) in [6, 6.07) is 0. The lowest BCUT2D eigenvalue weighted by atomic mass is 10.5. The highest BCUT2D eigenvalue weighted by atomic mass is 27.0. The van der Waals surface area contributed by atoms with Gasteiger partial charge in [0.2, 0.25) is 0 Å². The topological polar surface area (TPSA) is 47.9 Å². The van der Waals surface area contributed by atoms with E-state index in [2.05, 4.69) is 0 Å². The van der Waals surface area contributed by atoms with Crippen LogP contribution in [0.1, 0.15) is 20.8 Å². The molecule has 0 bridgehead atoms. The summed E-state index contributed by atoms with van der Waals surface area (Å²) >= 11 is 0. The molecule has 0 aliphatic carbocycles. The Morgan fingerprint density at radius 2 is 1.46 bits per heavy atom. The summed E-state index contributed by atoms with van der Waals surface area (Å²) in [5.41, 5.74) is 0. The maximum atomic E-state index is 9.57. The van der Waals surface area contributed by atoms with E-state index < -0.39 is 5.97 Å². The molecule has 13 heavy (non-hydrogen) atoms. The van der Waals surface area contributed by atoms with E-state index in [0.717, 1.165) is 0 Å². The van der Waals surface area contributed by atoms with Crippen LogP contribution in [0.3, 0.4) is 0 Å². The van der Waals surface area contributed by atoms with Crippen LogP contribution < -0.4 is 0 Å². The summed E-state index contributed by atoms with van der Waals surface area (Å²) in [5, 5.41) is 9.57. The van der Waals surface area contributed by atoms with Gasteiger partial charge in [-0.05, 0) is 20.8 Å². The lowest BCUT2D eigenvalue weighted by Crippen LogP contribution is -2.40. The molecule has 5 heteroatoms. The van der Waals surface area contributed by atoms with Crippen molar-refractivity contribution < 1.29 is 19.3 Å². The fourth-order valence-electron chi connectivity index (χ4n) is 0.807. The SMILES string of the molecule is CCOCC(O)(OCC)OCC.[AlH3]. The highest BCUT2D eigenvalue weighted by Gasteiger charge is 2.28. The zero-order chi connectivity index (χ0) is 9.45. The van der Waals surface area contributed by atoms with E-state index in [4.69, 9.17) is 14.2 Å². The summed E-state index contributed by atoms with van der Waals surface area (Å²) in [6.45, 7) is 6.78. The first-order valence-corrected chi connectivity index (χ1v) is 4.26. The second-order valence-electron chi connectivity index (χ2n) is 2.22. The van der Waals surface area contributed by atoms with Gasteiger partial charge >= 0.3 is 5.97 Å². The number of hydrogen-bond acceptors (Lipinski definition) is 4. The number of rotatable bonds is 7. The minimum Gasteiger partial charge on any atom is -0.373 e. The van der Waals surface area contributed by atoms with Crippen molar-refractivity contribution >= 4 is 17.4 Å². The van der Waals surface area contributed by atoms with Crippen LogP contribution in [0.15, 0.2) is 0 Å². The number of ether oxygens (including phenoxy) is 3. The predicted octanol–water partition coefficient (Wildman–Crippen LogP) is -0.442. The van der Waals surface area contributed by atoms with Gasteiger partial charge in [-0.1, -0.05) is 0 Å². The molecule has 0 unspecified atom stereocenters. The lowest BCUT2D eigenvalue weighted by Gasteiger charge is -2.26. The van der Waals surface area contributed by atoms with Crippen molar-refractivity contribution in [1.29, 1.82) is 0 Å². The van der Waals surface area contributed by atoms with Crippen LogP contribution in [0.5, 0.6) is 0 Å². The van der Waals surface area contributed by atoms with Gasteiger partial charge in [-0.2, -0.15) is 0 Å². The van der Waals surface area contributed by atoms with Crippen molar-refractivity contribution in [3.63, 3.8) is 0 Å². The third-order valence-electron chi connectivity index (χ3n) is 1.23. The first-order valence-electron chi connectivity index (χ1n) is 4.26. The van der Waals surface area contributed by atoms with Crippen molar-refractivity contribution in [1.82, 2.24) is 0 Å². The first kappa shape index (κ1) is 15.8. The largest absolute Gasteiger partial charge is 0.373 e. The van der Waals surface area contributed by atoms with Gasteiger partial charge in [-0.3, -0.25) is 0 Å². The number of hydrogen-bond donors (Lipinski definition) is 1. The average molecular weight is 208 g/mol. The van der Waals surface area contributed by atoms with Crippen LogP contribution in [0.25, 0.3) is 0 Å². The second-order valence-corrected chi connectivity index (χ2v) is 2.22. The molecular weight excluding hydrogens is 187 g/mol. The Labute approximate surface area is 90.3 Å². The van der Waals surface area contributed by atoms with Crippen LogP contribution in [0.4, 0.5) is 0 Å². The van der Waals surface area contributed by atoms with Crippen LogP contribution >= 0.6 is 0 Å². The van der Waals surface area contributed by atoms with Crippen molar-refractivity contribution in [2.45, 2.75) is 26.7 Å². The lowest BCUT2D eigenvalue weighted by molar-refractivity contribution is -0.373. The summed E-state index contributed by atoms with van der Waals surface area (Å²) in [4.78, 5) is 0. The second kappa shape index (κ2) is 8.95. The maximum absolute atomic E-state index is 9.57. The third kappa shape index (κ3) is 7.44. The van der Waals surface area contributed by atoms with Gasteiger partial charge in [-0.25, -0.2) is 0 Å². The molecule has 0 aliphatic heterocycles. The van der Waals surface area contributed by atoms with Gasteiger partial charge in [-0.15, -0.1) is 0 Å². The monoisotopic (exact) mass is 208 g/mol. The predicted molar refractivity (Wildman–Crippen MR) is 54.6 cm³/mol. The van der Waals surface area contributed by atoms with Gasteiger partial charge in [0.05, 0.1) is 0 Å². The average Bonchev–Trinajstić information content (AvgIpc) is 2.02. The van der Waals surface area contributed by atoms with Crippen molar-refractivity contribution in [2.24, 2.45) is 0 Å². The van der Waals surface area contributed by atoms with E-state index in [1.165, 1.54) is 0 Å². The maximum Gasteiger partial charge on any atom is 0.305 e. The van der Waals surface area contributed by atoms with Crippen LogP contribution in [0.2, 0.25) is 0 Å². The first-order chi connectivity index (χ1) is 5.68. The summed E-state index contributed by atoms with van der Waals surface area (Å²) < 4.78 is 15.0. The van der Waals surface area contributed by atoms with Gasteiger partial charge in [0, 0.05) is 19.8 Å². The normalized spacial score (nSPS) is 11.1. The molecular formula is C8H21AlO4. The van der Waals surface area contributed by atoms with Gasteiger partial charge in [0.25, 0.3) is 0 Å². The molecule has 0 aliphatic rings. The van der Waals surface area contributed by atoms with Gasteiger partial charge in [0.15, 0.2) is 17.4 Å². The quantitative estimate of drug-likeness (QED) is 0.455. The van der Waals surface area contributed by atoms with Crippen LogP contribution in [-0.4, -0.2) is 54.9 Å². The molecule has 0 atom stereocenters. The molecule has 0 aromatic rings. The Morgan fingerprint density at radius 3 is 1.77 bits per heavy atom. The fourth-order valence-corrected chi connectivity index (χ4v) is 0.807. The van der Waals surface area contributed by atoms with E-state index in [1.54, 1.807) is 13.8 Å². The molecule has 0 saturated heterocycles. The van der Waals surface area contributed by atoms with Crippen molar-refractivity contribution in [3.05, 3.63) is 0 Å². The van der Waals surface area contributed by atoms with Crippen molar-refractivity contribution in [3.8, 4) is 0 Å². The Morgan fingerprint density at radius 1 is 1.00 bits per heavy atom. The molecule has 0 spiro atoms. The standard InChI is InChI=1S/C8H18O4.Al.3H/c1-4-10-7-8(9,11-5-2)12-6-3;;;;/h9H,4-7H2,1-3H3;;;;. The smallest absolute Gasteiger partial charge is 0.305 e. The molecule has 1 N–H and O–H groups in total.